The normalized spacial score (nSPS) is 29.9. The first-order valence-electron chi connectivity index (χ1n) is 7.21. The zero-order valence-electron chi connectivity index (χ0n) is 11.7. The summed E-state index contributed by atoms with van der Waals surface area (Å²) in [6.45, 7) is 0. The number of fused-ring (bicyclic) bond motifs is 1. The van der Waals surface area contributed by atoms with E-state index < -0.39 is 0 Å². The monoisotopic (exact) mass is 263 g/mol. The van der Waals surface area contributed by atoms with Crippen LogP contribution < -0.4 is 10.1 Å². The minimum atomic E-state index is -0.201. The van der Waals surface area contributed by atoms with E-state index in [1.807, 2.05) is 19.2 Å². The van der Waals surface area contributed by atoms with Crippen LogP contribution in [0.3, 0.4) is 0 Å². The van der Waals surface area contributed by atoms with Crippen molar-refractivity contribution >= 4 is 0 Å². The third kappa shape index (κ3) is 2.48. The van der Waals surface area contributed by atoms with Crippen molar-refractivity contribution in [1.82, 2.24) is 5.32 Å². The van der Waals surface area contributed by atoms with Gasteiger partial charge in [0, 0.05) is 6.04 Å². The molecular formula is C16H22FNO. The summed E-state index contributed by atoms with van der Waals surface area (Å²) in [5.74, 6) is 2.79. The number of hydrogen-bond donors (Lipinski definition) is 1. The van der Waals surface area contributed by atoms with Crippen molar-refractivity contribution in [3.8, 4) is 5.75 Å². The summed E-state index contributed by atoms with van der Waals surface area (Å²) in [6, 6.07) is 5.81. The highest BCUT2D eigenvalue weighted by atomic mass is 19.1. The van der Waals surface area contributed by atoms with Crippen LogP contribution in [0.25, 0.3) is 0 Å². The predicted molar refractivity (Wildman–Crippen MR) is 73.8 cm³/mol. The van der Waals surface area contributed by atoms with Crippen LogP contribution in [0, 0.1) is 23.6 Å². The molecule has 0 amide bonds. The highest BCUT2D eigenvalue weighted by Crippen LogP contribution is 2.55. The molecule has 1 aromatic carbocycles. The molecular weight excluding hydrogens is 241 g/mol. The van der Waals surface area contributed by atoms with Gasteiger partial charge in [-0.3, -0.25) is 0 Å². The molecule has 1 aromatic rings. The van der Waals surface area contributed by atoms with Crippen LogP contribution in [0.2, 0.25) is 0 Å². The van der Waals surface area contributed by atoms with Gasteiger partial charge in [0.15, 0.2) is 11.6 Å². The Bertz CT molecular complexity index is 452. The van der Waals surface area contributed by atoms with Crippen molar-refractivity contribution in [2.75, 3.05) is 14.2 Å². The molecule has 0 bridgehead atoms. The van der Waals surface area contributed by atoms with E-state index in [4.69, 9.17) is 4.74 Å². The zero-order valence-corrected chi connectivity index (χ0v) is 11.7. The van der Waals surface area contributed by atoms with Crippen LogP contribution in [0.5, 0.6) is 5.75 Å². The van der Waals surface area contributed by atoms with Crippen LogP contribution in [0.4, 0.5) is 4.39 Å². The van der Waals surface area contributed by atoms with Crippen molar-refractivity contribution in [2.45, 2.75) is 31.7 Å². The van der Waals surface area contributed by atoms with Crippen molar-refractivity contribution in [1.29, 1.82) is 0 Å². The third-order valence-electron chi connectivity index (χ3n) is 4.92. The quantitative estimate of drug-likeness (QED) is 0.881. The van der Waals surface area contributed by atoms with E-state index in [9.17, 15) is 4.39 Å². The number of likely N-dealkylation sites (N-methyl/N-ethyl adjacent to an activating group) is 1. The second-order valence-corrected chi connectivity index (χ2v) is 6.02. The first kappa shape index (κ1) is 12.9. The van der Waals surface area contributed by atoms with E-state index in [0.29, 0.717) is 17.7 Å². The minimum absolute atomic E-state index is 0.201. The fourth-order valence-corrected chi connectivity index (χ4v) is 3.70. The standard InChI is InChI=1S/C16H22FNO/c1-18-14(13-7-11-6-12(11)8-13)9-10-4-3-5-15(19-2)16(10)17/h3-5,11-14,18H,6-9H2,1-2H3. The molecule has 0 saturated heterocycles. The summed E-state index contributed by atoms with van der Waals surface area (Å²) in [7, 11) is 3.51. The van der Waals surface area contributed by atoms with E-state index >= 15 is 0 Å². The fourth-order valence-electron chi connectivity index (χ4n) is 3.70. The van der Waals surface area contributed by atoms with Gasteiger partial charge in [0.05, 0.1) is 7.11 Å². The van der Waals surface area contributed by atoms with Crippen LogP contribution in [0.15, 0.2) is 18.2 Å². The van der Waals surface area contributed by atoms with Crippen LogP contribution >= 0.6 is 0 Å². The lowest BCUT2D eigenvalue weighted by molar-refractivity contribution is 0.342. The molecule has 0 spiro atoms. The number of halogens is 1. The molecule has 19 heavy (non-hydrogen) atoms. The molecule has 2 aliphatic carbocycles. The van der Waals surface area contributed by atoms with Crippen molar-refractivity contribution < 1.29 is 9.13 Å². The Hall–Kier alpha value is -1.09. The van der Waals surface area contributed by atoms with E-state index in [-0.39, 0.29) is 5.82 Å². The molecule has 2 saturated carbocycles. The van der Waals surface area contributed by atoms with Gasteiger partial charge in [-0.2, -0.15) is 0 Å². The Morgan fingerprint density at radius 2 is 2.05 bits per heavy atom. The fraction of sp³-hybridized carbons (Fsp3) is 0.625. The SMILES string of the molecule is CNC(Cc1cccc(OC)c1F)C1CC2CC2C1. The summed E-state index contributed by atoms with van der Waals surface area (Å²) in [6.07, 6.45) is 4.83. The molecule has 3 unspecified atom stereocenters. The molecule has 2 nitrogen and oxygen atoms in total. The Balaban J connectivity index is 1.71. The van der Waals surface area contributed by atoms with E-state index in [1.165, 1.54) is 26.4 Å². The summed E-state index contributed by atoms with van der Waals surface area (Å²) < 4.78 is 19.2. The van der Waals surface area contributed by atoms with Gasteiger partial charge in [-0.05, 0) is 62.1 Å². The molecule has 2 fully saturated rings. The number of benzene rings is 1. The van der Waals surface area contributed by atoms with Gasteiger partial charge in [-0.1, -0.05) is 12.1 Å². The lowest BCUT2D eigenvalue weighted by atomic mass is 9.89. The maximum absolute atomic E-state index is 14.2. The summed E-state index contributed by atoms with van der Waals surface area (Å²) >= 11 is 0. The highest BCUT2D eigenvalue weighted by molar-refractivity contribution is 5.31. The van der Waals surface area contributed by atoms with E-state index in [1.54, 1.807) is 6.07 Å². The molecule has 104 valence electrons. The maximum atomic E-state index is 14.2. The second kappa shape index (κ2) is 5.12. The van der Waals surface area contributed by atoms with Gasteiger partial charge in [0.25, 0.3) is 0 Å². The van der Waals surface area contributed by atoms with Gasteiger partial charge >= 0.3 is 0 Å². The number of methoxy groups -OCH3 is 1. The predicted octanol–water partition coefficient (Wildman–Crippen LogP) is 3.01. The molecule has 0 aromatic heterocycles. The van der Waals surface area contributed by atoms with Gasteiger partial charge in [-0.25, -0.2) is 4.39 Å². The Labute approximate surface area is 114 Å². The number of rotatable bonds is 5. The molecule has 0 aliphatic heterocycles. The first-order chi connectivity index (χ1) is 9.22. The average Bonchev–Trinajstić information content (AvgIpc) is 3.04. The van der Waals surface area contributed by atoms with Crippen LogP contribution in [-0.2, 0) is 6.42 Å². The Morgan fingerprint density at radius 3 is 2.68 bits per heavy atom. The third-order valence-corrected chi connectivity index (χ3v) is 4.92. The summed E-state index contributed by atoms with van der Waals surface area (Å²) in [4.78, 5) is 0. The molecule has 3 rings (SSSR count). The number of hydrogen-bond acceptors (Lipinski definition) is 2. The average molecular weight is 263 g/mol. The second-order valence-electron chi connectivity index (χ2n) is 6.02. The zero-order chi connectivity index (χ0) is 13.4. The molecule has 2 aliphatic rings. The van der Waals surface area contributed by atoms with Crippen molar-refractivity contribution in [3.05, 3.63) is 29.6 Å². The summed E-state index contributed by atoms with van der Waals surface area (Å²) in [5.41, 5.74) is 0.763. The van der Waals surface area contributed by atoms with Gasteiger partial charge in [0.2, 0.25) is 0 Å². The lowest BCUT2D eigenvalue weighted by Gasteiger charge is -2.25. The Kier molecular flexibility index (Phi) is 3.48. The molecule has 1 N–H and O–H groups in total. The lowest BCUT2D eigenvalue weighted by Crippen LogP contribution is -2.35. The van der Waals surface area contributed by atoms with Crippen molar-refractivity contribution in [3.63, 3.8) is 0 Å². The minimum Gasteiger partial charge on any atom is -0.494 e. The smallest absolute Gasteiger partial charge is 0.168 e. The molecule has 0 radical (unpaired) electrons. The van der Waals surface area contributed by atoms with Gasteiger partial charge < -0.3 is 10.1 Å². The molecule has 3 heteroatoms. The van der Waals surface area contributed by atoms with E-state index in [2.05, 4.69) is 5.32 Å². The van der Waals surface area contributed by atoms with Crippen LogP contribution in [0.1, 0.15) is 24.8 Å². The Morgan fingerprint density at radius 1 is 1.32 bits per heavy atom. The molecule has 3 atom stereocenters. The topological polar surface area (TPSA) is 21.3 Å². The largest absolute Gasteiger partial charge is 0.494 e. The first-order valence-corrected chi connectivity index (χ1v) is 7.21. The number of ether oxygens (including phenoxy) is 1. The van der Waals surface area contributed by atoms with Gasteiger partial charge in [0.1, 0.15) is 0 Å². The van der Waals surface area contributed by atoms with Gasteiger partial charge in [-0.15, -0.1) is 0 Å². The molecule has 0 heterocycles. The maximum Gasteiger partial charge on any atom is 0.168 e. The van der Waals surface area contributed by atoms with Crippen molar-refractivity contribution in [2.24, 2.45) is 17.8 Å². The van der Waals surface area contributed by atoms with E-state index in [0.717, 1.165) is 23.8 Å². The number of nitrogens with one attached hydrogen (secondary N) is 1. The summed E-state index contributed by atoms with van der Waals surface area (Å²) in [5, 5.41) is 3.39. The van der Waals surface area contributed by atoms with Crippen LogP contribution in [-0.4, -0.2) is 20.2 Å². The highest BCUT2D eigenvalue weighted by Gasteiger charge is 2.47.